The molecule has 2 amide bonds. The zero-order valence-electron chi connectivity index (χ0n) is 20.1. The molecule has 0 spiro atoms. The fraction of sp³-hybridized carbons (Fsp3) is 0.417. The number of benzene rings is 2. The summed E-state index contributed by atoms with van der Waals surface area (Å²) in [6.07, 6.45) is 4.74. The smallest absolute Gasteiger partial charge is 0.244 e. The third-order valence-corrected chi connectivity index (χ3v) is 9.03. The molecular formula is C24H26Cl5N3O4S. The third-order valence-electron chi connectivity index (χ3n) is 6.14. The van der Waals surface area contributed by atoms with E-state index in [9.17, 15) is 18.0 Å². The molecule has 3 rings (SSSR count). The van der Waals surface area contributed by atoms with Crippen LogP contribution in [0, 0.1) is 0 Å². The predicted octanol–water partition coefficient (Wildman–Crippen LogP) is 6.20. The van der Waals surface area contributed by atoms with Gasteiger partial charge in [-0.05, 0) is 49.6 Å². The average Bonchev–Trinajstić information content (AvgIpc) is 3.32. The van der Waals surface area contributed by atoms with Crippen molar-refractivity contribution in [3.05, 3.63) is 61.0 Å². The van der Waals surface area contributed by atoms with E-state index in [1.807, 2.05) is 0 Å². The number of rotatable bonds is 9. The van der Waals surface area contributed by atoms with Crippen LogP contribution < -0.4 is 9.62 Å². The van der Waals surface area contributed by atoms with E-state index in [2.05, 4.69) is 5.32 Å². The summed E-state index contributed by atoms with van der Waals surface area (Å²) in [4.78, 5) is 28.1. The number of carbonyl (C=O) groups is 2. The van der Waals surface area contributed by atoms with Crippen molar-refractivity contribution in [1.29, 1.82) is 0 Å². The fourth-order valence-corrected chi connectivity index (χ4v) is 5.97. The molecule has 7 nitrogen and oxygen atoms in total. The molecule has 1 atom stereocenters. The summed E-state index contributed by atoms with van der Waals surface area (Å²) in [5.41, 5.74) is 0.603. The first kappa shape index (κ1) is 30.1. The summed E-state index contributed by atoms with van der Waals surface area (Å²) in [5.74, 6) is -0.966. The number of hydrogen-bond donors (Lipinski definition) is 1. The maximum atomic E-state index is 13.7. The minimum Gasteiger partial charge on any atom is -0.352 e. The first-order valence-corrected chi connectivity index (χ1v) is 15.2. The van der Waals surface area contributed by atoms with Crippen LogP contribution >= 0.6 is 58.0 Å². The number of anilines is 1. The van der Waals surface area contributed by atoms with E-state index in [1.54, 1.807) is 25.1 Å². The molecule has 202 valence electrons. The Labute approximate surface area is 242 Å². The lowest BCUT2D eigenvalue weighted by Crippen LogP contribution is -2.52. The van der Waals surface area contributed by atoms with Crippen LogP contribution in [-0.4, -0.2) is 50.0 Å². The molecule has 1 N–H and O–H groups in total. The molecule has 0 bridgehead atoms. The zero-order chi connectivity index (χ0) is 27.5. The second-order valence-corrected chi connectivity index (χ2v) is 12.9. The largest absolute Gasteiger partial charge is 0.352 e. The number of nitrogens with one attached hydrogen (secondary N) is 1. The van der Waals surface area contributed by atoms with Crippen molar-refractivity contribution in [3.63, 3.8) is 0 Å². The summed E-state index contributed by atoms with van der Waals surface area (Å²) in [7, 11) is -3.99. The van der Waals surface area contributed by atoms with E-state index in [-0.39, 0.29) is 44.3 Å². The van der Waals surface area contributed by atoms with Gasteiger partial charge in [-0.1, -0.05) is 76.9 Å². The summed E-state index contributed by atoms with van der Waals surface area (Å²) in [6.45, 7) is 0.956. The number of nitrogens with zero attached hydrogens (tertiary/aromatic N) is 2. The van der Waals surface area contributed by atoms with E-state index in [0.717, 1.165) is 36.2 Å². The first-order valence-electron chi connectivity index (χ1n) is 11.4. The van der Waals surface area contributed by atoms with Crippen molar-refractivity contribution in [1.82, 2.24) is 10.2 Å². The van der Waals surface area contributed by atoms with Crippen LogP contribution in [0.3, 0.4) is 0 Å². The quantitative estimate of drug-likeness (QED) is 0.335. The van der Waals surface area contributed by atoms with Crippen LogP contribution in [-0.2, 0) is 26.2 Å². The van der Waals surface area contributed by atoms with E-state index < -0.39 is 28.5 Å². The van der Waals surface area contributed by atoms with E-state index in [0.29, 0.717) is 10.6 Å². The summed E-state index contributed by atoms with van der Waals surface area (Å²) < 4.78 is 26.3. The van der Waals surface area contributed by atoms with Gasteiger partial charge in [0.15, 0.2) is 0 Å². The molecule has 0 aromatic heterocycles. The number of sulfonamides is 1. The Bertz CT molecular complexity index is 1290. The van der Waals surface area contributed by atoms with Crippen LogP contribution in [0.5, 0.6) is 0 Å². The Hall–Kier alpha value is -1.42. The fourth-order valence-electron chi connectivity index (χ4n) is 4.11. The maximum Gasteiger partial charge on any atom is 0.244 e. The molecule has 37 heavy (non-hydrogen) atoms. The molecule has 0 unspecified atom stereocenters. The van der Waals surface area contributed by atoms with Crippen molar-refractivity contribution < 1.29 is 18.0 Å². The average molecular weight is 630 g/mol. The lowest BCUT2D eigenvalue weighted by molar-refractivity contribution is -0.139. The van der Waals surface area contributed by atoms with Gasteiger partial charge < -0.3 is 10.2 Å². The van der Waals surface area contributed by atoms with Gasteiger partial charge in [0.2, 0.25) is 21.8 Å². The standard InChI is InChI=1S/C24H26Cl5N3O4S/c1-14(24(34)30-16-5-3-4-6-16)31(12-15-7-8-17(25)18(26)9-15)23(33)13-32(37(2,35)36)22-11-20(28)19(27)10-21(22)29/h7-11,14,16H,3-6,12-13H2,1-2H3,(H,30,34)/t14-/m0/s1. The molecule has 0 heterocycles. The summed E-state index contributed by atoms with van der Waals surface area (Å²) in [6, 6.07) is 6.57. The summed E-state index contributed by atoms with van der Waals surface area (Å²) in [5, 5.41) is 3.82. The number of amides is 2. The maximum absolute atomic E-state index is 13.7. The predicted molar refractivity (Wildman–Crippen MR) is 151 cm³/mol. The lowest BCUT2D eigenvalue weighted by Gasteiger charge is -2.32. The Morgan fingerprint density at radius 3 is 2.14 bits per heavy atom. The SMILES string of the molecule is C[C@@H](C(=O)NC1CCCC1)N(Cc1ccc(Cl)c(Cl)c1)C(=O)CN(c1cc(Cl)c(Cl)cc1Cl)S(C)(=O)=O. The molecule has 1 aliphatic carbocycles. The van der Waals surface area contributed by atoms with Gasteiger partial charge in [0.05, 0.1) is 37.1 Å². The van der Waals surface area contributed by atoms with Gasteiger partial charge in [0.25, 0.3) is 0 Å². The molecule has 2 aromatic carbocycles. The summed E-state index contributed by atoms with van der Waals surface area (Å²) >= 11 is 30.6. The highest BCUT2D eigenvalue weighted by Crippen LogP contribution is 2.35. The van der Waals surface area contributed by atoms with E-state index >= 15 is 0 Å². The van der Waals surface area contributed by atoms with E-state index in [4.69, 9.17) is 58.0 Å². The molecule has 13 heteroatoms. The van der Waals surface area contributed by atoms with Crippen LogP contribution in [0.1, 0.15) is 38.2 Å². The van der Waals surface area contributed by atoms with Crippen molar-refractivity contribution in [2.45, 2.75) is 51.2 Å². The highest BCUT2D eigenvalue weighted by molar-refractivity contribution is 7.92. The zero-order valence-corrected chi connectivity index (χ0v) is 24.7. The highest BCUT2D eigenvalue weighted by atomic mass is 35.5. The Morgan fingerprint density at radius 2 is 1.54 bits per heavy atom. The Balaban J connectivity index is 1.94. The van der Waals surface area contributed by atoms with Crippen LogP contribution in [0.2, 0.25) is 25.1 Å². The number of hydrogen-bond acceptors (Lipinski definition) is 4. The Morgan fingerprint density at radius 1 is 0.946 bits per heavy atom. The van der Waals surface area contributed by atoms with Gasteiger partial charge in [-0.15, -0.1) is 0 Å². The van der Waals surface area contributed by atoms with Gasteiger partial charge in [0.1, 0.15) is 12.6 Å². The lowest BCUT2D eigenvalue weighted by atomic mass is 10.1. The topological polar surface area (TPSA) is 86.8 Å². The second-order valence-electron chi connectivity index (χ2n) is 8.92. The minimum absolute atomic E-state index is 0.00400. The van der Waals surface area contributed by atoms with Crippen LogP contribution in [0.25, 0.3) is 0 Å². The first-order chi connectivity index (χ1) is 17.3. The van der Waals surface area contributed by atoms with Crippen molar-refractivity contribution >= 4 is 85.5 Å². The molecule has 1 aliphatic rings. The van der Waals surface area contributed by atoms with Gasteiger partial charge >= 0.3 is 0 Å². The van der Waals surface area contributed by atoms with Crippen molar-refractivity contribution in [2.24, 2.45) is 0 Å². The second kappa shape index (κ2) is 12.6. The third kappa shape index (κ3) is 7.80. The normalized spacial score (nSPS) is 14.9. The highest BCUT2D eigenvalue weighted by Gasteiger charge is 2.32. The van der Waals surface area contributed by atoms with Crippen molar-refractivity contribution in [3.8, 4) is 0 Å². The minimum atomic E-state index is -3.99. The molecule has 1 saturated carbocycles. The van der Waals surface area contributed by atoms with Crippen molar-refractivity contribution in [2.75, 3.05) is 17.1 Å². The molecule has 0 aliphatic heterocycles. The molecule has 0 radical (unpaired) electrons. The van der Waals surface area contributed by atoms with Gasteiger partial charge in [-0.3, -0.25) is 13.9 Å². The van der Waals surface area contributed by atoms with Crippen LogP contribution in [0.4, 0.5) is 5.69 Å². The van der Waals surface area contributed by atoms with Gasteiger partial charge in [-0.2, -0.15) is 0 Å². The molecule has 0 saturated heterocycles. The number of halogens is 5. The monoisotopic (exact) mass is 627 g/mol. The van der Waals surface area contributed by atoms with Crippen LogP contribution in [0.15, 0.2) is 30.3 Å². The molecular weight excluding hydrogens is 604 g/mol. The molecule has 1 fully saturated rings. The van der Waals surface area contributed by atoms with Gasteiger partial charge in [-0.25, -0.2) is 8.42 Å². The molecule has 2 aromatic rings. The Kier molecular flexibility index (Phi) is 10.3. The van der Waals surface area contributed by atoms with E-state index in [1.165, 1.54) is 17.0 Å². The number of carbonyl (C=O) groups excluding carboxylic acids is 2. The van der Waals surface area contributed by atoms with Gasteiger partial charge in [0, 0.05) is 12.6 Å².